The Hall–Kier alpha value is -3.28. The van der Waals surface area contributed by atoms with Crippen LogP contribution in [-0.4, -0.2) is 47.6 Å². The first-order valence-electron chi connectivity index (χ1n) is 8.64. The SMILES string of the molecule is COc1ccc(OC)c(N(CC(=O)N/N=C\c2cccc(C(F)(F)F)c2)S(C)(=O)=O)c1. The molecule has 0 unspecified atom stereocenters. The number of alkyl halides is 3. The Kier molecular flexibility index (Phi) is 7.50. The maximum absolute atomic E-state index is 12.8. The van der Waals surface area contributed by atoms with Gasteiger partial charge in [-0.25, -0.2) is 13.8 Å². The number of hydrazone groups is 1. The molecule has 0 spiro atoms. The molecule has 0 radical (unpaired) electrons. The van der Waals surface area contributed by atoms with Crippen LogP contribution in [0.15, 0.2) is 47.6 Å². The second-order valence-electron chi connectivity index (χ2n) is 6.22. The van der Waals surface area contributed by atoms with Gasteiger partial charge in [-0.15, -0.1) is 0 Å². The van der Waals surface area contributed by atoms with E-state index in [0.29, 0.717) is 5.75 Å². The van der Waals surface area contributed by atoms with E-state index in [4.69, 9.17) is 9.47 Å². The monoisotopic (exact) mass is 459 g/mol. The van der Waals surface area contributed by atoms with Gasteiger partial charge < -0.3 is 9.47 Å². The molecule has 2 aromatic rings. The predicted octanol–water partition coefficient (Wildman–Crippen LogP) is 2.64. The van der Waals surface area contributed by atoms with Gasteiger partial charge in [-0.3, -0.25) is 9.10 Å². The smallest absolute Gasteiger partial charge is 0.416 e. The van der Waals surface area contributed by atoms with E-state index >= 15 is 0 Å². The molecule has 0 aliphatic rings. The maximum Gasteiger partial charge on any atom is 0.416 e. The number of amides is 1. The van der Waals surface area contributed by atoms with E-state index in [9.17, 15) is 26.4 Å². The van der Waals surface area contributed by atoms with Crippen molar-refractivity contribution in [3.63, 3.8) is 0 Å². The number of nitrogens with zero attached hydrogens (tertiary/aromatic N) is 2. The van der Waals surface area contributed by atoms with Crippen LogP contribution in [0.1, 0.15) is 11.1 Å². The van der Waals surface area contributed by atoms with Gasteiger partial charge in [-0.05, 0) is 29.8 Å². The number of benzene rings is 2. The Morgan fingerprint density at radius 3 is 2.45 bits per heavy atom. The largest absolute Gasteiger partial charge is 0.497 e. The van der Waals surface area contributed by atoms with E-state index in [0.717, 1.165) is 28.9 Å². The summed E-state index contributed by atoms with van der Waals surface area (Å²) in [6, 6.07) is 8.76. The number of anilines is 1. The number of hydrogen-bond donors (Lipinski definition) is 1. The molecule has 2 rings (SSSR count). The van der Waals surface area contributed by atoms with Gasteiger partial charge in [0.2, 0.25) is 10.0 Å². The van der Waals surface area contributed by atoms with E-state index in [1.54, 1.807) is 6.07 Å². The summed E-state index contributed by atoms with van der Waals surface area (Å²) in [7, 11) is -1.18. The van der Waals surface area contributed by atoms with Crippen LogP contribution in [0.4, 0.5) is 18.9 Å². The summed E-state index contributed by atoms with van der Waals surface area (Å²) >= 11 is 0. The van der Waals surface area contributed by atoms with Crippen LogP contribution in [0.3, 0.4) is 0 Å². The van der Waals surface area contributed by atoms with Gasteiger partial charge in [0.25, 0.3) is 5.91 Å². The van der Waals surface area contributed by atoms with Crippen molar-refractivity contribution in [3.8, 4) is 11.5 Å². The highest BCUT2D eigenvalue weighted by Crippen LogP contribution is 2.33. The van der Waals surface area contributed by atoms with Crippen LogP contribution >= 0.6 is 0 Å². The zero-order valence-corrected chi connectivity index (χ0v) is 17.6. The lowest BCUT2D eigenvalue weighted by Crippen LogP contribution is -2.39. The molecule has 2 aromatic carbocycles. The first-order valence-corrected chi connectivity index (χ1v) is 10.5. The number of carbonyl (C=O) groups is 1. The molecule has 0 aliphatic carbocycles. The fourth-order valence-corrected chi connectivity index (χ4v) is 3.36. The van der Waals surface area contributed by atoms with Crippen LogP contribution in [0.2, 0.25) is 0 Å². The van der Waals surface area contributed by atoms with Crippen molar-refractivity contribution in [1.82, 2.24) is 5.43 Å². The molecule has 1 N–H and O–H groups in total. The maximum atomic E-state index is 12.8. The van der Waals surface area contributed by atoms with Gasteiger partial charge in [-0.2, -0.15) is 18.3 Å². The molecular weight excluding hydrogens is 439 g/mol. The molecule has 0 aromatic heterocycles. The van der Waals surface area contributed by atoms with Crippen molar-refractivity contribution in [3.05, 3.63) is 53.6 Å². The van der Waals surface area contributed by atoms with E-state index in [2.05, 4.69) is 10.5 Å². The zero-order valence-electron chi connectivity index (χ0n) is 16.8. The van der Waals surface area contributed by atoms with Crippen molar-refractivity contribution in [2.75, 3.05) is 31.3 Å². The minimum absolute atomic E-state index is 0.0707. The highest BCUT2D eigenvalue weighted by molar-refractivity contribution is 7.92. The number of methoxy groups -OCH3 is 2. The summed E-state index contributed by atoms with van der Waals surface area (Å²) in [6.45, 7) is -0.651. The van der Waals surface area contributed by atoms with Crippen LogP contribution in [0.25, 0.3) is 0 Å². The Morgan fingerprint density at radius 2 is 1.87 bits per heavy atom. The molecule has 0 saturated carbocycles. The van der Waals surface area contributed by atoms with Crippen molar-refractivity contribution in [1.29, 1.82) is 0 Å². The summed E-state index contributed by atoms with van der Waals surface area (Å²) in [5.74, 6) is -0.294. The van der Waals surface area contributed by atoms with Crippen molar-refractivity contribution >= 4 is 27.8 Å². The zero-order chi connectivity index (χ0) is 23.2. The quantitative estimate of drug-likeness (QED) is 0.484. The Bertz CT molecular complexity index is 1070. The normalized spacial score (nSPS) is 11.9. The van der Waals surface area contributed by atoms with Gasteiger partial charge >= 0.3 is 6.18 Å². The summed E-state index contributed by atoms with van der Waals surface area (Å²) in [5, 5.41) is 3.60. The number of sulfonamides is 1. The Labute approximate surface area is 177 Å². The molecule has 8 nitrogen and oxygen atoms in total. The van der Waals surface area contributed by atoms with Crippen molar-refractivity contribution in [2.24, 2.45) is 5.10 Å². The fraction of sp³-hybridized carbons (Fsp3) is 0.263. The molecule has 1 amide bonds. The third-order valence-electron chi connectivity index (χ3n) is 3.96. The molecule has 0 fully saturated rings. The molecule has 0 heterocycles. The second kappa shape index (κ2) is 9.69. The Morgan fingerprint density at radius 1 is 1.16 bits per heavy atom. The van der Waals surface area contributed by atoms with Crippen LogP contribution in [0, 0.1) is 0 Å². The summed E-state index contributed by atoms with van der Waals surface area (Å²) < 4.78 is 73.8. The van der Waals surface area contributed by atoms with E-state index in [1.807, 2.05) is 0 Å². The molecule has 168 valence electrons. The summed E-state index contributed by atoms with van der Waals surface area (Å²) in [6.07, 6.45) is -2.59. The lowest BCUT2D eigenvalue weighted by Gasteiger charge is -2.23. The molecule has 0 atom stereocenters. The molecule has 0 bridgehead atoms. The lowest BCUT2D eigenvalue weighted by atomic mass is 10.1. The first kappa shape index (κ1) is 24.0. The van der Waals surface area contributed by atoms with Crippen LogP contribution in [-0.2, 0) is 21.0 Å². The highest BCUT2D eigenvalue weighted by atomic mass is 32.2. The minimum Gasteiger partial charge on any atom is -0.497 e. The van der Waals surface area contributed by atoms with E-state index < -0.39 is 34.2 Å². The van der Waals surface area contributed by atoms with Crippen molar-refractivity contribution < 1.29 is 35.9 Å². The average molecular weight is 459 g/mol. The molecular formula is C19H20F3N3O5S. The summed E-state index contributed by atoms with van der Waals surface area (Å²) in [5.41, 5.74) is 1.41. The molecule has 12 heteroatoms. The number of ether oxygens (including phenoxy) is 2. The van der Waals surface area contributed by atoms with Crippen LogP contribution in [0.5, 0.6) is 11.5 Å². The number of halogens is 3. The predicted molar refractivity (Wildman–Crippen MR) is 109 cm³/mol. The standard InChI is InChI=1S/C19H20F3N3O5S/c1-29-15-7-8-17(30-2)16(10-15)25(31(3,27)28)12-18(26)24-23-11-13-5-4-6-14(9-13)19(20,21)22/h4-11H,12H2,1-3H3,(H,24,26)/b23-11-. The number of carbonyl (C=O) groups excluding carboxylic acids is 1. The average Bonchev–Trinajstić information content (AvgIpc) is 2.70. The molecule has 31 heavy (non-hydrogen) atoms. The molecule has 0 saturated heterocycles. The van der Waals surface area contributed by atoms with Gasteiger partial charge in [0.05, 0.1) is 37.9 Å². The van der Waals surface area contributed by atoms with Crippen LogP contribution < -0.4 is 19.2 Å². The van der Waals surface area contributed by atoms with Gasteiger partial charge in [0, 0.05) is 6.07 Å². The van der Waals surface area contributed by atoms with Gasteiger partial charge in [0.1, 0.15) is 18.0 Å². The lowest BCUT2D eigenvalue weighted by molar-refractivity contribution is -0.137. The number of nitrogens with one attached hydrogen (secondary N) is 1. The molecule has 0 aliphatic heterocycles. The fourth-order valence-electron chi connectivity index (χ4n) is 2.51. The number of rotatable bonds is 8. The first-order chi connectivity index (χ1) is 14.5. The van der Waals surface area contributed by atoms with Crippen molar-refractivity contribution in [2.45, 2.75) is 6.18 Å². The second-order valence-corrected chi connectivity index (χ2v) is 8.13. The third kappa shape index (κ3) is 6.60. The summed E-state index contributed by atoms with van der Waals surface area (Å²) in [4.78, 5) is 12.3. The van der Waals surface area contributed by atoms with E-state index in [1.165, 1.54) is 38.5 Å². The number of hydrogen-bond acceptors (Lipinski definition) is 6. The third-order valence-corrected chi connectivity index (χ3v) is 5.09. The van der Waals surface area contributed by atoms with Gasteiger partial charge in [-0.1, -0.05) is 12.1 Å². The topological polar surface area (TPSA) is 97.3 Å². The minimum atomic E-state index is -4.51. The van der Waals surface area contributed by atoms with Gasteiger partial charge in [0.15, 0.2) is 0 Å². The highest BCUT2D eigenvalue weighted by Gasteiger charge is 2.30. The van der Waals surface area contributed by atoms with E-state index in [-0.39, 0.29) is 17.0 Å². The Balaban J connectivity index is 2.19.